The standard InChI is InChI=1S/C19H14ClFN2O2.C4H10/c20-14-8-6-13(7-9-14)17(24)16-12-19(21,10-11-22-16)18(25)23-15-4-2-1-3-5-15;1-3-4-2/h1-12,22H,(H,23,25);3-4H2,1-2H3. The number of unbranched alkanes of at least 4 members (excludes halogenated alkanes) is 1. The van der Waals surface area contributed by atoms with E-state index in [-0.39, 0.29) is 5.70 Å². The molecule has 0 saturated heterocycles. The highest BCUT2D eigenvalue weighted by Gasteiger charge is 2.37. The summed E-state index contributed by atoms with van der Waals surface area (Å²) in [4.78, 5) is 24.8. The molecule has 0 saturated carbocycles. The number of nitrogens with one attached hydrogen (secondary N) is 2. The Bertz CT molecular complexity index is 893. The van der Waals surface area contributed by atoms with E-state index in [9.17, 15) is 9.59 Å². The molecule has 0 radical (unpaired) electrons. The van der Waals surface area contributed by atoms with E-state index >= 15 is 4.39 Å². The van der Waals surface area contributed by atoms with Crippen LogP contribution < -0.4 is 10.6 Å². The van der Waals surface area contributed by atoms with Crippen LogP contribution in [0.25, 0.3) is 0 Å². The minimum atomic E-state index is -2.43. The SMILES string of the molecule is CCCC.O=C(C1=CC(F)(C(=O)Nc2ccccc2)C=CN1)c1ccc(Cl)cc1. The van der Waals surface area contributed by atoms with Crippen molar-refractivity contribution in [3.8, 4) is 0 Å². The van der Waals surface area contributed by atoms with Gasteiger partial charge >= 0.3 is 0 Å². The molecule has 4 nitrogen and oxygen atoms in total. The Morgan fingerprint density at radius 2 is 1.66 bits per heavy atom. The summed E-state index contributed by atoms with van der Waals surface area (Å²) in [5, 5.41) is 5.67. The molecule has 6 heteroatoms. The lowest BCUT2D eigenvalue weighted by atomic mass is 9.97. The Labute approximate surface area is 175 Å². The Balaban J connectivity index is 0.000000687. The quantitative estimate of drug-likeness (QED) is 0.619. The first-order chi connectivity index (χ1) is 13.9. The maximum atomic E-state index is 15.1. The number of carbonyl (C=O) groups excluding carboxylic acids is 2. The van der Waals surface area contributed by atoms with Crippen LogP contribution in [0.15, 0.2) is 78.6 Å². The zero-order valence-corrected chi connectivity index (χ0v) is 17.2. The van der Waals surface area contributed by atoms with Crippen LogP contribution in [0.1, 0.15) is 37.0 Å². The molecular weight excluding hydrogens is 391 g/mol. The largest absolute Gasteiger partial charge is 0.359 e. The van der Waals surface area contributed by atoms with Crippen molar-refractivity contribution in [2.24, 2.45) is 0 Å². The minimum absolute atomic E-state index is 0.0180. The summed E-state index contributed by atoms with van der Waals surface area (Å²) in [5.74, 6) is -1.31. The van der Waals surface area contributed by atoms with Crippen molar-refractivity contribution in [2.45, 2.75) is 32.4 Å². The number of alkyl halides is 1. The van der Waals surface area contributed by atoms with E-state index in [4.69, 9.17) is 11.6 Å². The van der Waals surface area contributed by atoms with Crippen LogP contribution >= 0.6 is 11.6 Å². The summed E-state index contributed by atoms with van der Waals surface area (Å²) < 4.78 is 15.1. The Hall–Kier alpha value is -2.92. The molecule has 3 rings (SSSR count). The summed E-state index contributed by atoms with van der Waals surface area (Å²) in [6.07, 6.45) is 5.92. The molecule has 1 unspecified atom stereocenters. The lowest BCUT2D eigenvalue weighted by Crippen LogP contribution is -2.39. The number of dihydropyridines is 1. The molecular formula is C23H24ClFN2O2. The van der Waals surface area contributed by atoms with Crippen molar-refractivity contribution in [1.82, 2.24) is 5.32 Å². The summed E-state index contributed by atoms with van der Waals surface area (Å²) in [6.45, 7) is 4.36. The molecule has 1 atom stereocenters. The average molecular weight is 415 g/mol. The molecule has 1 heterocycles. The zero-order valence-electron chi connectivity index (χ0n) is 16.4. The van der Waals surface area contributed by atoms with Crippen molar-refractivity contribution in [2.75, 3.05) is 5.32 Å². The number of amides is 1. The molecule has 1 aliphatic rings. The molecule has 1 aliphatic heterocycles. The molecule has 0 spiro atoms. The molecule has 2 N–H and O–H groups in total. The normalized spacial score (nSPS) is 17.3. The third-order valence-electron chi connectivity index (χ3n) is 4.15. The molecule has 1 amide bonds. The fraction of sp³-hybridized carbons (Fsp3) is 0.217. The number of rotatable bonds is 5. The number of halogens is 2. The second-order valence-electron chi connectivity index (χ2n) is 6.46. The van der Waals surface area contributed by atoms with Crippen molar-refractivity contribution in [3.05, 3.63) is 89.2 Å². The molecule has 2 aromatic carbocycles. The molecule has 0 aliphatic carbocycles. The first-order valence-corrected chi connectivity index (χ1v) is 9.80. The van der Waals surface area contributed by atoms with Crippen LogP contribution in [0, 0.1) is 0 Å². The van der Waals surface area contributed by atoms with Crippen LogP contribution in [-0.4, -0.2) is 17.4 Å². The van der Waals surface area contributed by atoms with E-state index in [1.165, 1.54) is 31.2 Å². The van der Waals surface area contributed by atoms with Gasteiger partial charge in [0.05, 0.1) is 5.70 Å². The molecule has 0 fully saturated rings. The smallest absolute Gasteiger partial charge is 0.270 e. The summed E-state index contributed by atoms with van der Waals surface area (Å²) in [5.41, 5.74) is -1.64. The van der Waals surface area contributed by atoms with Crippen molar-refractivity contribution in [3.63, 3.8) is 0 Å². The number of benzene rings is 2. The summed E-state index contributed by atoms with van der Waals surface area (Å²) in [6, 6.07) is 14.7. The zero-order chi connectivity index (χ0) is 21.3. The highest BCUT2D eigenvalue weighted by atomic mass is 35.5. The fourth-order valence-electron chi connectivity index (χ4n) is 2.33. The van der Waals surface area contributed by atoms with Gasteiger partial charge in [-0.3, -0.25) is 9.59 Å². The van der Waals surface area contributed by atoms with E-state index in [0.717, 1.165) is 12.2 Å². The highest BCUT2D eigenvalue weighted by molar-refractivity contribution is 6.30. The molecule has 2 aromatic rings. The van der Waals surface area contributed by atoms with E-state index in [0.29, 0.717) is 16.3 Å². The topological polar surface area (TPSA) is 58.2 Å². The van der Waals surface area contributed by atoms with Gasteiger partial charge in [0.1, 0.15) is 0 Å². The van der Waals surface area contributed by atoms with Gasteiger partial charge in [-0.15, -0.1) is 0 Å². The third kappa shape index (κ3) is 6.29. The van der Waals surface area contributed by atoms with Gasteiger partial charge in [0.15, 0.2) is 0 Å². The lowest BCUT2D eigenvalue weighted by Gasteiger charge is -2.22. The van der Waals surface area contributed by atoms with Gasteiger partial charge in [-0.2, -0.15) is 0 Å². The van der Waals surface area contributed by atoms with Gasteiger partial charge < -0.3 is 10.6 Å². The second kappa shape index (κ2) is 10.6. The van der Waals surface area contributed by atoms with Crippen LogP contribution in [0.5, 0.6) is 0 Å². The van der Waals surface area contributed by atoms with Gasteiger partial charge in [-0.1, -0.05) is 56.5 Å². The number of carbonyl (C=O) groups is 2. The maximum Gasteiger partial charge on any atom is 0.270 e. The summed E-state index contributed by atoms with van der Waals surface area (Å²) in [7, 11) is 0. The van der Waals surface area contributed by atoms with Crippen LogP contribution in [-0.2, 0) is 4.79 Å². The molecule has 0 bridgehead atoms. The lowest BCUT2D eigenvalue weighted by molar-refractivity contribution is -0.122. The van der Waals surface area contributed by atoms with Gasteiger partial charge in [0.25, 0.3) is 5.91 Å². The van der Waals surface area contributed by atoms with Crippen LogP contribution in [0.2, 0.25) is 5.02 Å². The number of Topliss-reactive ketones (excluding diaryl/α,β-unsaturated/α-hetero) is 1. The number of hydrogen-bond donors (Lipinski definition) is 2. The summed E-state index contributed by atoms with van der Waals surface area (Å²) >= 11 is 5.80. The van der Waals surface area contributed by atoms with E-state index < -0.39 is 17.4 Å². The van der Waals surface area contributed by atoms with Gasteiger partial charge in [0, 0.05) is 22.5 Å². The maximum absolute atomic E-state index is 15.1. The van der Waals surface area contributed by atoms with E-state index in [1.807, 2.05) is 0 Å². The third-order valence-corrected chi connectivity index (χ3v) is 4.40. The number of para-hydroxylation sites is 1. The van der Waals surface area contributed by atoms with Crippen molar-refractivity contribution < 1.29 is 14.0 Å². The first-order valence-electron chi connectivity index (χ1n) is 9.42. The molecule has 29 heavy (non-hydrogen) atoms. The number of anilines is 1. The van der Waals surface area contributed by atoms with Gasteiger partial charge in [-0.25, -0.2) is 4.39 Å². The molecule has 0 aromatic heterocycles. The first kappa shape index (κ1) is 22.4. The van der Waals surface area contributed by atoms with Crippen molar-refractivity contribution in [1.29, 1.82) is 0 Å². The van der Waals surface area contributed by atoms with Gasteiger partial charge in [-0.05, 0) is 48.6 Å². The number of ketones is 1. The van der Waals surface area contributed by atoms with Gasteiger partial charge in [0.2, 0.25) is 11.5 Å². The average Bonchev–Trinajstić information content (AvgIpc) is 2.74. The number of hydrogen-bond acceptors (Lipinski definition) is 3. The minimum Gasteiger partial charge on any atom is -0.359 e. The monoisotopic (exact) mass is 414 g/mol. The predicted molar refractivity (Wildman–Crippen MR) is 116 cm³/mol. The van der Waals surface area contributed by atoms with E-state index in [2.05, 4.69) is 24.5 Å². The molecule has 152 valence electrons. The Morgan fingerprint density at radius 1 is 1.03 bits per heavy atom. The number of allylic oxidation sites excluding steroid dienone is 1. The van der Waals surface area contributed by atoms with E-state index in [1.54, 1.807) is 42.5 Å². The second-order valence-corrected chi connectivity index (χ2v) is 6.90. The highest BCUT2D eigenvalue weighted by Crippen LogP contribution is 2.24. The fourth-order valence-corrected chi connectivity index (χ4v) is 2.46. The van der Waals surface area contributed by atoms with Crippen LogP contribution in [0.3, 0.4) is 0 Å². The Kier molecular flexibility index (Phi) is 8.16. The van der Waals surface area contributed by atoms with Crippen LogP contribution in [0.4, 0.5) is 10.1 Å². The predicted octanol–water partition coefficient (Wildman–Crippen LogP) is 5.68. The Morgan fingerprint density at radius 3 is 2.24 bits per heavy atom. The van der Waals surface area contributed by atoms with Crippen molar-refractivity contribution >= 4 is 29.0 Å².